The number of fused-ring (bicyclic) bond motifs is 3. The molecule has 0 amide bonds. The summed E-state index contributed by atoms with van der Waals surface area (Å²) in [5.74, 6) is 0.912. The number of nitrogens with zero attached hydrogens (tertiary/aromatic N) is 1. The molecule has 1 aliphatic rings. The fraction of sp³-hybridized carbons (Fsp3) is 0.300. The molecule has 3 heteroatoms. The summed E-state index contributed by atoms with van der Waals surface area (Å²) in [4.78, 5) is 6.11. The Labute approximate surface area is 136 Å². The Morgan fingerprint density at radius 2 is 2.00 bits per heavy atom. The van der Waals surface area contributed by atoms with Crippen molar-refractivity contribution in [1.82, 2.24) is 9.88 Å². The lowest BCUT2D eigenvalue weighted by Gasteiger charge is -2.33. The van der Waals surface area contributed by atoms with Gasteiger partial charge in [0.25, 0.3) is 0 Å². The van der Waals surface area contributed by atoms with Crippen LogP contribution in [0.3, 0.4) is 0 Å². The molecule has 0 saturated heterocycles. The van der Waals surface area contributed by atoms with Crippen LogP contribution >= 0.6 is 0 Å². The first kappa shape index (κ1) is 14.3. The van der Waals surface area contributed by atoms with Gasteiger partial charge in [0.1, 0.15) is 5.75 Å². The van der Waals surface area contributed by atoms with Crippen molar-refractivity contribution in [2.24, 2.45) is 0 Å². The Kier molecular flexibility index (Phi) is 3.38. The van der Waals surface area contributed by atoms with E-state index in [1.54, 1.807) is 7.11 Å². The zero-order chi connectivity index (χ0) is 16.0. The molecule has 4 rings (SSSR count). The second kappa shape index (κ2) is 5.43. The largest absolute Gasteiger partial charge is 0.497 e. The number of aromatic amines is 1. The molecular formula is C20H22N2O. The Hall–Kier alpha value is -2.26. The molecule has 1 aliphatic heterocycles. The number of aromatic nitrogens is 1. The summed E-state index contributed by atoms with van der Waals surface area (Å²) < 4.78 is 5.42. The predicted octanol–water partition coefficient (Wildman–Crippen LogP) is 4.06. The maximum Gasteiger partial charge on any atom is 0.119 e. The third-order valence-electron chi connectivity index (χ3n) is 5.01. The van der Waals surface area contributed by atoms with Crippen molar-refractivity contribution in [3.63, 3.8) is 0 Å². The summed E-state index contributed by atoms with van der Waals surface area (Å²) >= 11 is 0. The highest BCUT2D eigenvalue weighted by Crippen LogP contribution is 2.39. The highest BCUT2D eigenvalue weighted by molar-refractivity contribution is 5.88. The molecule has 0 aliphatic carbocycles. The van der Waals surface area contributed by atoms with E-state index in [0.29, 0.717) is 0 Å². The van der Waals surface area contributed by atoms with Gasteiger partial charge in [-0.2, -0.15) is 0 Å². The maximum atomic E-state index is 5.42. The number of likely N-dealkylation sites (N-methyl/N-ethyl adjacent to an activating group) is 1. The van der Waals surface area contributed by atoms with Gasteiger partial charge >= 0.3 is 0 Å². The molecule has 0 spiro atoms. The lowest BCUT2D eigenvalue weighted by Crippen LogP contribution is -2.32. The van der Waals surface area contributed by atoms with E-state index in [9.17, 15) is 0 Å². The van der Waals surface area contributed by atoms with Crippen LogP contribution in [0.2, 0.25) is 0 Å². The van der Waals surface area contributed by atoms with Gasteiger partial charge in [-0.25, -0.2) is 0 Å². The third-order valence-corrected chi connectivity index (χ3v) is 5.01. The molecule has 23 heavy (non-hydrogen) atoms. The van der Waals surface area contributed by atoms with Crippen molar-refractivity contribution in [2.45, 2.75) is 19.4 Å². The van der Waals surface area contributed by atoms with Gasteiger partial charge in [0.2, 0.25) is 0 Å². The van der Waals surface area contributed by atoms with Gasteiger partial charge in [-0.3, -0.25) is 4.90 Å². The third kappa shape index (κ3) is 2.23. The van der Waals surface area contributed by atoms with Gasteiger partial charge < -0.3 is 9.72 Å². The zero-order valence-electron chi connectivity index (χ0n) is 13.9. The van der Waals surface area contributed by atoms with E-state index < -0.39 is 0 Å². The number of hydrogen-bond acceptors (Lipinski definition) is 2. The van der Waals surface area contributed by atoms with Crippen LogP contribution in [0.1, 0.15) is 28.4 Å². The number of hydrogen-bond donors (Lipinski definition) is 1. The first-order chi connectivity index (χ1) is 11.2. The van der Waals surface area contributed by atoms with Crippen molar-refractivity contribution in [3.05, 3.63) is 64.8 Å². The monoisotopic (exact) mass is 306 g/mol. The summed E-state index contributed by atoms with van der Waals surface area (Å²) in [5, 5.41) is 1.41. The highest BCUT2D eigenvalue weighted by atomic mass is 16.5. The van der Waals surface area contributed by atoms with Gasteiger partial charge in [0, 0.05) is 23.1 Å². The van der Waals surface area contributed by atoms with Crippen LogP contribution in [0.25, 0.3) is 10.9 Å². The lowest BCUT2D eigenvalue weighted by atomic mass is 9.92. The van der Waals surface area contributed by atoms with Crippen LogP contribution < -0.4 is 4.74 Å². The quantitative estimate of drug-likeness (QED) is 0.773. The van der Waals surface area contributed by atoms with Crippen LogP contribution in [0, 0.1) is 6.92 Å². The summed E-state index contributed by atoms with van der Waals surface area (Å²) in [6.45, 7) is 3.27. The Bertz CT molecular complexity index is 865. The van der Waals surface area contributed by atoms with Crippen LogP contribution in [-0.2, 0) is 6.42 Å². The minimum absolute atomic E-state index is 0.251. The molecule has 0 radical (unpaired) electrons. The van der Waals surface area contributed by atoms with E-state index in [1.807, 2.05) is 6.07 Å². The maximum absolute atomic E-state index is 5.42. The molecule has 2 aromatic carbocycles. The SMILES string of the molecule is COc1cccc(C2c3[nH]c4cccc(C)c4c3CCN2C)c1. The topological polar surface area (TPSA) is 28.3 Å². The number of ether oxygens (including phenoxy) is 1. The molecule has 1 N–H and O–H groups in total. The second-order valence-electron chi connectivity index (χ2n) is 6.42. The molecule has 0 bridgehead atoms. The fourth-order valence-electron chi connectivity index (χ4n) is 3.89. The normalized spacial score (nSPS) is 18.1. The zero-order valence-corrected chi connectivity index (χ0v) is 13.9. The molecular weight excluding hydrogens is 284 g/mol. The number of rotatable bonds is 2. The first-order valence-electron chi connectivity index (χ1n) is 8.13. The minimum atomic E-state index is 0.251. The highest BCUT2D eigenvalue weighted by Gasteiger charge is 2.29. The number of aryl methyl sites for hydroxylation is 1. The Morgan fingerprint density at radius 3 is 2.83 bits per heavy atom. The Balaban J connectivity index is 1.92. The first-order valence-corrected chi connectivity index (χ1v) is 8.13. The predicted molar refractivity (Wildman–Crippen MR) is 94.2 cm³/mol. The van der Waals surface area contributed by atoms with Crippen LogP contribution in [0.15, 0.2) is 42.5 Å². The molecule has 1 atom stereocenters. The van der Waals surface area contributed by atoms with Crippen molar-refractivity contribution in [3.8, 4) is 5.75 Å². The van der Waals surface area contributed by atoms with Crippen LogP contribution in [0.4, 0.5) is 0 Å². The molecule has 1 aromatic heterocycles. The summed E-state index contributed by atoms with van der Waals surface area (Å²) in [6.07, 6.45) is 1.09. The van der Waals surface area contributed by atoms with E-state index in [4.69, 9.17) is 4.74 Å². The van der Waals surface area contributed by atoms with E-state index in [2.05, 4.69) is 60.3 Å². The van der Waals surface area contributed by atoms with Crippen molar-refractivity contribution >= 4 is 10.9 Å². The van der Waals surface area contributed by atoms with Gasteiger partial charge in [-0.15, -0.1) is 0 Å². The second-order valence-corrected chi connectivity index (χ2v) is 6.42. The number of H-pyrrole nitrogens is 1. The number of benzene rings is 2. The van der Waals surface area contributed by atoms with E-state index in [-0.39, 0.29) is 6.04 Å². The minimum Gasteiger partial charge on any atom is -0.497 e. The van der Waals surface area contributed by atoms with E-state index >= 15 is 0 Å². The number of nitrogens with one attached hydrogen (secondary N) is 1. The average Bonchev–Trinajstić information content (AvgIpc) is 2.94. The molecule has 3 nitrogen and oxygen atoms in total. The molecule has 1 unspecified atom stereocenters. The summed E-state index contributed by atoms with van der Waals surface area (Å²) in [6, 6.07) is 15.2. The van der Waals surface area contributed by atoms with E-state index in [0.717, 1.165) is 18.7 Å². The van der Waals surface area contributed by atoms with E-state index in [1.165, 1.54) is 33.3 Å². The molecule has 118 valence electrons. The molecule has 0 saturated carbocycles. The average molecular weight is 306 g/mol. The van der Waals surface area contributed by atoms with Crippen molar-refractivity contribution < 1.29 is 4.74 Å². The van der Waals surface area contributed by atoms with Crippen molar-refractivity contribution in [1.29, 1.82) is 0 Å². The standard InChI is InChI=1S/C20H22N2O/c1-13-6-4-9-17-18(13)16-10-11-22(2)20(19(16)21-17)14-7-5-8-15(12-14)23-3/h4-9,12,20-21H,10-11H2,1-3H3. The summed E-state index contributed by atoms with van der Waals surface area (Å²) in [5.41, 5.74) is 6.68. The van der Waals surface area contributed by atoms with Crippen molar-refractivity contribution in [2.75, 3.05) is 20.7 Å². The fourth-order valence-corrected chi connectivity index (χ4v) is 3.89. The summed E-state index contributed by atoms with van der Waals surface area (Å²) in [7, 11) is 3.92. The van der Waals surface area contributed by atoms with Crippen LogP contribution in [-0.4, -0.2) is 30.6 Å². The molecule has 3 aromatic rings. The molecule has 0 fully saturated rings. The smallest absolute Gasteiger partial charge is 0.119 e. The molecule has 2 heterocycles. The van der Waals surface area contributed by atoms with Gasteiger partial charge in [0.05, 0.1) is 13.2 Å². The van der Waals surface area contributed by atoms with Gasteiger partial charge in [0.15, 0.2) is 0 Å². The number of methoxy groups -OCH3 is 1. The lowest BCUT2D eigenvalue weighted by molar-refractivity contribution is 0.261. The Morgan fingerprint density at radius 1 is 1.17 bits per heavy atom. The van der Waals surface area contributed by atoms with Gasteiger partial charge in [-0.1, -0.05) is 24.3 Å². The van der Waals surface area contributed by atoms with Crippen LogP contribution in [0.5, 0.6) is 5.75 Å². The van der Waals surface area contributed by atoms with Gasteiger partial charge in [-0.05, 0) is 55.3 Å².